The first-order valence-electron chi connectivity index (χ1n) is 7.00. The maximum absolute atomic E-state index is 3.71. The molecule has 1 N–H and O–H groups in total. The molecule has 0 aliphatic rings. The number of nitrogens with zero attached hydrogens (tertiary/aromatic N) is 1. The highest BCUT2D eigenvalue weighted by Crippen LogP contribution is 2.28. The first kappa shape index (κ1) is 17.9. The molecule has 20 heavy (non-hydrogen) atoms. The topological polar surface area (TPSA) is 15.3 Å². The van der Waals surface area contributed by atoms with E-state index in [0.29, 0.717) is 6.04 Å². The first-order valence-corrected chi connectivity index (χ1v) is 9.18. The van der Waals surface area contributed by atoms with Gasteiger partial charge < -0.3 is 10.2 Å². The molecule has 0 saturated carbocycles. The second-order valence-corrected chi connectivity index (χ2v) is 8.07. The lowest BCUT2D eigenvalue weighted by Crippen LogP contribution is -2.35. The number of rotatable bonds is 6. The molecule has 0 aliphatic carbocycles. The van der Waals surface area contributed by atoms with Crippen molar-refractivity contribution in [1.82, 2.24) is 5.32 Å². The molecule has 0 aromatic heterocycles. The summed E-state index contributed by atoms with van der Waals surface area (Å²) in [5, 5.41) is 3.52. The van der Waals surface area contributed by atoms with Gasteiger partial charge in [-0.25, -0.2) is 0 Å². The molecule has 2 nitrogen and oxygen atoms in total. The van der Waals surface area contributed by atoms with Crippen LogP contribution in [0.5, 0.6) is 0 Å². The highest BCUT2D eigenvalue weighted by Gasteiger charge is 2.13. The highest BCUT2D eigenvalue weighted by atomic mass is 79.9. The SMILES string of the molecule is CSCC(C)N(C)c1ccc(CNC(C)(C)C)cc1Br. The number of nitrogens with one attached hydrogen (secondary N) is 1. The van der Waals surface area contributed by atoms with Crippen molar-refractivity contribution >= 4 is 33.4 Å². The van der Waals surface area contributed by atoms with Crippen molar-refractivity contribution in [3.8, 4) is 0 Å². The molecule has 0 bridgehead atoms. The second-order valence-electron chi connectivity index (χ2n) is 6.30. The minimum atomic E-state index is 0.148. The van der Waals surface area contributed by atoms with Gasteiger partial charge in [0.1, 0.15) is 0 Å². The van der Waals surface area contributed by atoms with Crippen LogP contribution in [-0.4, -0.2) is 30.6 Å². The number of hydrogen-bond donors (Lipinski definition) is 1. The van der Waals surface area contributed by atoms with Gasteiger partial charge in [0.15, 0.2) is 0 Å². The van der Waals surface area contributed by atoms with Crippen molar-refractivity contribution in [3.05, 3.63) is 28.2 Å². The van der Waals surface area contributed by atoms with Gasteiger partial charge >= 0.3 is 0 Å². The Morgan fingerprint density at radius 3 is 2.50 bits per heavy atom. The fraction of sp³-hybridized carbons (Fsp3) is 0.625. The third-order valence-corrected chi connectivity index (χ3v) is 4.73. The van der Waals surface area contributed by atoms with E-state index in [9.17, 15) is 0 Å². The van der Waals surface area contributed by atoms with Crippen LogP contribution in [0.25, 0.3) is 0 Å². The maximum Gasteiger partial charge on any atom is 0.0510 e. The minimum absolute atomic E-state index is 0.148. The lowest BCUT2D eigenvalue weighted by molar-refractivity contribution is 0.424. The van der Waals surface area contributed by atoms with Crippen molar-refractivity contribution in [3.63, 3.8) is 0 Å². The van der Waals surface area contributed by atoms with E-state index in [0.717, 1.165) is 12.3 Å². The van der Waals surface area contributed by atoms with Crippen LogP contribution < -0.4 is 10.2 Å². The van der Waals surface area contributed by atoms with E-state index in [1.807, 2.05) is 11.8 Å². The van der Waals surface area contributed by atoms with E-state index < -0.39 is 0 Å². The molecular formula is C16H27BrN2S. The minimum Gasteiger partial charge on any atom is -0.370 e. The highest BCUT2D eigenvalue weighted by molar-refractivity contribution is 9.10. The van der Waals surface area contributed by atoms with Crippen LogP contribution in [0.4, 0.5) is 5.69 Å². The van der Waals surface area contributed by atoms with Gasteiger partial charge in [-0.05, 0) is 67.6 Å². The Bertz CT molecular complexity index is 429. The smallest absolute Gasteiger partial charge is 0.0510 e. The number of anilines is 1. The van der Waals surface area contributed by atoms with E-state index in [4.69, 9.17) is 0 Å². The Morgan fingerprint density at radius 2 is 2.00 bits per heavy atom. The zero-order valence-electron chi connectivity index (χ0n) is 13.5. The molecule has 1 aromatic rings. The normalized spacial score (nSPS) is 13.3. The fourth-order valence-electron chi connectivity index (χ4n) is 1.90. The van der Waals surface area contributed by atoms with Gasteiger partial charge in [0.2, 0.25) is 0 Å². The van der Waals surface area contributed by atoms with Crippen molar-refractivity contribution in [1.29, 1.82) is 0 Å². The van der Waals surface area contributed by atoms with Gasteiger partial charge in [-0.1, -0.05) is 6.07 Å². The van der Waals surface area contributed by atoms with Crippen LogP contribution in [0, 0.1) is 0 Å². The van der Waals surface area contributed by atoms with Gasteiger partial charge in [0.05, 0.1) is 5.69 Å². The molecular weight excluding hydrogens is 332 g/mol. The molecule has 1 atom stereocenters. The van der Waals surface area contributed by atoms with Gasteiger partial charge in [0, 0.05) is 35.4 Å². The molecule has 1 unspecified atom stereocenters. The third-order valence-electron chi connectivity index (χ3n) is 3.28. The molecule has 0 fully saturated rings. The number of thioether (sulfide) groups is 1. The summed E-state index contributed by atoms with van der Waals surface area (Å²) in [4.78, 5) is 2.33. The van der Waals surface area contributed by atoms with E-state index in [2.05, 4.69) is 85.3 Å². The molecule has 0 amide bonds. The Morgan fingerprint density at radius 1 is 1.35 bits per heavy atom. The molecule has 1 aromatic carbocycles. The van der Waals surface area contributed by atoms with Crippen molar-refractivity contribution in [2.45, 2.75) is 45.8 Å². The average Bonchev–Trinajstić information content (AvgIpc) is 2.35. The van der Waals surface area contributed by atoms with Gasteiger partial charge in [-0.2, -0.15) is 11.8 Å². The van der Waals surface area contributed by atoms with Gasteiger partial charge in [0.25, 0.3) is 0 Å². The zero-order valence-corrected chi connectivity index (χ0v) is 15.9. The fourth-order valence-corrected chi connectivity index (χ4v) is 3.32. The van der Waals surface area contributed by atoms with Crippen molar-refractivity contribution in [2.75, 3.05) is 24.0 Å². The molecule has 0 spiro atoms. The predicted molar refractivity (Wildman–Crippen MR) is 97.0 cm³/mol. The quantitative estimate of drug-likeness (QED) is 0.804. The summed E-state index contributed by atoms with van der Waals surface area (Å²) in [6, 6.07) is 7.16. The number of benzene rings is 1. The largest absolute Gasteiger partial charge is 0.370 e. The van der Waals surface area contributed by atoms with Crippen LogP contribution in [0.15, 0.2) is 22.7 Å². The lowest BCUT2D eigenvalue weighted by Gasteiger charge is -2.28. The standard InChI is InChI=1S/C16H27BrN2S/c1-12(11-20-6)19(5)15-8-7-13(9-14(15)17)10-18-16(2,3)4/h7-9,12,18H,10-11H2,1-6H3. The Hall–Kier alpha value is -0.190. The summed E-state index contributed by atoms with van der Waals surface area (Å²) >= 11 is 5.60. The summed E-state index contributed by atoms with van der Waals surface area (Å²) in [6.45, 7) is 9.72. The summed E-state index contributed by atoms with van der Waals surface area (Å²) < 4.78 is 1.17. The van der Waals surface area contributed by atoms with E-state index in [1.54, 1.807) is 0 Å². The molecule has 0 heterocycles. The lowest BCUT2D eigenvalue weighted by atomic mass is 10.1. The monoisotopic (exact) mass is 358 g/mol. The zero-order chi connectivity index (χ0) is 15.3. The molecule has 0 radical (unpaired) electrons. The third kappa shape index (κ3) is 5.66. The van der Waals surface area contributed by atoms with E-state index in [1.165, 1.54) is 15.7 Å². The summed E-state index contributed by atoms with van der Waals surface area (Å²) in [5.41, 5.74) is 2.71. The van der Waals surface area contributed by atoms with E-state index >= 15 is 0 Å². The predicted octanol–water partition coefficient (Wildman–Crippen LogP) is 4.52. The summed E-state index contributed by atoms with van der Waals surface area (Å²) in [5.74, 6) is 1.14. The van der Waals surface area contributed by atoms with Gasteiger partial charge in [-0.3, -0.25) is 0 Å². The molecule has 114 valence electrons. The molecule has 0 saturated heterocycles. The van der Waals surface area contributed by atoms with Crippen molar-refractivity contribution < 1.29 is 0 Å². The van der Waals surface area contributed by atoms with Crippen molar-refractivity contribution in [2.24, 2.45) is 0 Å². The number of hydrogen-bond acceptors (Lipinski definition) is 3. The van der Waals surface area contributed by atoms with Crippen LogP contribution >= 0.6 is 27.7 Å². The molecule has 4 heteroatoms. The Labute approximate surface area is 136 Å². The van der Waals surface area contributed by atoms with Crippen LogP contribution in [0.1, 0.15) is 33.3 Å². The van der Waals surface area contributed by atoms with Crippen LogP contribution in [0.3, 0.4) is 0 Å². The first-order chi connectivity index (χ1) is 9.24. The van der Waals surface area contributed by atoms with Crippen LogP contribution in [-0.2, 0) is 6.54 Å². The summed E-state index contributed by atoms with van der Waals surface area (Å²) in [6.07, 6.45) is 2.15. The Kier molecular flexibility index (Phi) is 6.89. The maximum atomic E-state index is 3.71. The number of halogens is 1. The second kappa shape index (κ2) is 7.71. The average molecular weight is 359 g/mol. The Balaban J connectivity index is 2.77. The van der Waals surface area contributed by atoms with E-state index in [-0.39, 0.29) is 5.54 Å². The van der Waals surface area contributed by atoms with Crippen LogP contribution in [0.2, 0.25) is 0 Å². The molecule has 1 rings (SSSR count). The summed E-state index contributed by atoms with van der Waals surface area (Å²) in [7, 11) is 2.16. The molecule has 0 aliphatic heterocycles. The van der Waals surface area contributed by atoms with Gasteiger partial charge in [-0.15, -0.1) is 0 Å².